The van der Waals surface area contributed by atoms with Gasteiger partial charge in [0.25, 0.3) is 0 Å². The average molecular weight is 290 g/mol. The lowest BCUT2D eigenvalue weighted by Crippen LogP contribution is -2.27. The number of amides is 1. The van der Waals surface area contributed by atoms with Gasteiger partial charge in [0.1, 0.15) is 5.75 Å². The molecule has 1 fully saturated rings. The second-order valence-corrected chi connectivity index (χ2v) is 5.73. The zero-order chi connectivity index (χ0) is 15.1. The summed E-state index contributed by atoms with van der Waals surface area (Å²) >= 11 is 0. The number of rotatable bonds is 8. The monoisotopic (exact) mass is 290 g/mol. The molecule has 4 heteroatoms. The van der Waals surface area contributed by atoms with Crippen molar-refractivity contribution in [2.75, 3.05) is 18.1 Å². The number of hydrogen-bond donors (Lipinski definition) is 1. The van der Waals surface area contributed by atoms with E-state index in [1.165, 1.54) is 25.7 Å². The van der Waals surface area contributed by atoms with E-state index in [0.717, 1.165) is 24.5 Å². The molecule has 0 aromatic heterocycles. The summed E-state index contributed by atoms with van der Waals surface area (Å²) in [6.45, 7) is 3.59. The molecule has 2 N–H and O–H groups in total. The van der Waals surface area contributed by atoms with E-state index in [1.807, 2.05) is 24.3 Å². The molecule has 1 amide bonds. The molecule has 1 aromatic carbocycles. The van der Waals surface area contributed by atoms with Crippen LogP contribution in [-0.2, 0) is 4.79 Å². The number of unbranched alkanes of at least 4 members (excludes halogenated alkanes) is 4. The van der Waals surface area contributed by atoms with Crippen molar-refractivity contribution in [3.05, 3.63) is 24.3 Å². The van der Waals surface area contributed by atoms with E-state index in [1.54, 1.807) is 4.90 Å². The number of nitrogens with two attached hydrogens (primary N) is 1. The van der Waals surface area contributed by atoms with Crippen molar-refractivity contribution >= 4 is 11.6 Å². The van der Waals surface area contributed by atoms with Crippen LogP contribution in [0.2, 0.25) is 0 Å². The smallest absolute Gasteiger partial charge is 0.228 e. The molecule has 21 heavy (non-hydrogen) atoms. The number of carbonyl (C=O) groups excluding carboxylic acids is 1. The van der Waals surface area contributed by atoms with Gasteiger partial charge in [0.05, 0.1) is 6.61 Å². The van der Waals surface area contributed by atoms with Gasteiger partial charge in [-0.25, -0.2) is 0 Å². The van der Waals surface area contributed by atoms with Crippen molar-refractivity contribution in [1.29, 1.82) is 0 Å². The molecule has 2 rings (SSSR count). The van der Waals surface area contributed by atoms with Gasteiger partial charge >= 0.3 is 0 Å². The summed E-state index contributed by atoms with van der Waals surface area (Å²) in [5.41, 5.74) is 6.72. The fourth-order valence-electron chi connectivity index (χ4n) is 2.60. The molecule has 0 saturated carbocycles. The molecular formula is C17H26N2O2. The van der Waals surface area contributed by atoms with Crippen LogP contribution in [0.25, 0.3) is 0 Å². The van der Waals surface area contributed by atoms with Crippen molar-refractivity contribution in [1.82, 2.24) is 0 Å². The molecular weight excluding hydrogens is 264 g/mol. The molecule has 1 aliphatic rings. The number of ether oxygens (including phenoxy) is 1. The molecule has 1 unspecified atom stereocenters. The topological polar surface area (TPSA) is 55.6 Å². The van der Waals surface area contributed by atoms with Gasteiger partial charge in [-0.3, -0.25) is 4.79 Å². The molecule has 0 aliphatic carbocycles. The van der Waals surface area contributed by atoms with Crippen LogP contribution in [-0.4, -0.2) is 25.1 Å². The summed E-state index contributed by atoms with van der Waals surface area (Å²) in [6, 6.07) is 7.68. The van der Waals surface area contributed by atoms with E-state index in [2.05, 4.69) is 6.92 Å². The highest BCUT2D eigenvalue weighted by molar-refractivity contribution is 5.96. The Morgan fingerprint density at radius 2 is 1.90 bits per heavy atom. The van der Waals surface area contributed by atoms with E-state index >= 15 is 0 Å². The molecule has 0 bridgehead atoms. The quantitative estimate of drug-likeness (QED) is 0.748. The predicted octanol–water partition coefficient (Wildman–Crippen LogP) is 3.10. The number of anilines is 1. The van der Waals surface area contributed by atoms with Crippen molar-refractivity contribution < 1.29 is 9.53 Å². The van der Waals surface area contributed by atoms with Gasteiger partial charge < -0.3 is 15.4 Å². The SMILES string of the molecule is CCCCCCCOc1ccc(N2CC(N)CC2=O)cc1. The van der Waals surface area contributed by atoms with Crippen LogP contribution < -0.4 is 15.4 Å². The van der Waals surface area contributed by atoms with E-state index in [-0.39, 0.29) is 11.9 Å². The van der Waals surface area contributed by atoms with Crippen molar-refractivity contribution in [2.45, 2.75) is 51.5 Å². The van der Waals surface area contributed by atoms with Gasteiger partial charge in [0.15, 0.2) is 0 Å². The van der Waals surface area contributed by atoms with Gasteiger partial charge in [0.2, 0.25) is 5.91 Å². The first-order valence-corrected chi connectivity index (χ1v) is 7.99. The molecule has 0 radical (unpaired) electrons. The summed E-state index contributed by atoms with van der Waals surface area (Å²) in [6.07, 6.45) is 6.63. The molecule has 1 aliphatic heterocycles. The minimum atomic E-state index is -0.0449. The molecule has 116 valence electrons. The maximum absolute atomic E-state index is 11.8. The number of benzene rings is 1. The maximum atomic E-state index is 11.8. The summed E-state index contributed by atoms with van der Waals surface area (Å²) in [5.74, 6) is 0.970. The Morgan fingerprint density at radius 3 is 2.52 bits per heavy atom. The Balaban J connectivity index is 1.76. The second-order valence-electron chi connectivity index (χ2n) is 5.73. The van der Waals surface area contributed by atoms with E-state index in [9.17, 15) is 4.79 Å². The van der Waals surface area contributed by atoms with Crippen LogP contribution >= 0.6 is 0 Å². The van der Waals surface area contributed by atoms with E-state index in [4.69, 9.17) is 10.5 Å². The fraction of sp³-hybridized carbons (Fsp3) is 0.588. The fourth-order valence-corrected chi connectivity index (χ4v) is 2.60. The Bertz CT molecular complexity index is 445. The number of hydrogen-bond acceptors (Lipinski definition) is 3. The Hall–Kier alpha value is -1.55. The normalized spacial score (nSPS) is 18.3. The van der Waals surface area contributed by atoms with Gasteiger partial charge in [-0.05, 0) is 30.7 Å². The molecule has 0 spiro atoms. The molecule has 1 saturated heterocycles. The van der Waals surface area contributed by atoms with Crippen LogP contribution in [0.3, 0.4) is 0 Å². The maximum Gasteiger partial charge on any atom is 0.228 e. The zero-order valence-electron chi connectivity index (χ0n) is 12.9. The van der Waals surface area contributed by atoms with Gasteiger partial charge in [-0.15, -0.1) is 0 Å². The third-order valence-electron chi connectivity index (χ3n) is 3.82. The first-order chi connectivity index (χ1) is 10.2. The number of carbonyl (C=O) groups is 1. The lowest BCUT2D eigenvalue weighted by Gasteiger charge is -2.16. The minimum absolute atomic E-state index is 0.0449. The summed E-state index contributed by atoms with van der Waals surface area (Å²) in [7, 11) is 0. The first-order valence-electron chi connectivity index (χ1n) is 7.99. The Labute approximate surface area is 127 Å². The summed E-state index contributed by atoms with van der Waals surface area (Å²) < 4.78 is 5.72. The highest BCUT2D eigenvalue weighted by atomic mass is 16.5. The van der Waals surface area contributed by atoms with Crippen LogP contribution in [0, 0.1) is 0 Å². The van der Waals surface area contributed by atoms with Crippen molar-refractivity contribution in [2.24, 2.45) is 5.73 Å². The lowest BCUT2D eigenvalue weighted by molar-refractivity contribution is -0.117. The van der Waals surface area contributed by atoms with Crippen LogP contribution in [0.1, 0.15) is 45.4 Å². The van der Waals surface area contributed by atoms with Gasteiger partial charge in [-0.1, -0.05) is 32.6 Å². The first kappa shape index (κ1) is 15.8. The highest BCUT2D eigenvalue weighted by Gasteiger charge is 2.27. The lowest BCUT2D eigenvalue weighted by atomic mass is 10.2. The van der Waals surface area contributed by atoms with Crippen LogP contribution in [0.5, 0.6) is 5.75 Å². The summed E-state index contributed by atoms with van der Waals surface area (Å²) in [5, 5.41) is 0. The standard InChI is InChI=1S/C17H26N2O2/c1-2-3-4-5-6-11-21-16-9-7-15(8-10-16)19-13-14(18)12-17(19)20/h7-10,14H,2-6,11-13,18H2,1H3. The summed E-state index contributed by atoms with van der Waals surface area (Å²) in [4.78, 5) is 13.5. The van der Waals surface area contributed by atoms with E-state index < -0.39 is 0 Å². The predicted molar refractivity (Wildman–Crippen MR) is 85.6 cm³/mol. The highest BCUT2D eigenvalue weighted by Crippen LogP contribution is 2.23. The third kappa shape index (κ3) is 4.74. The molecule has 1 aromatic rings. The third-order valence-corrected chi connectivity index (χ3v) is 3.82. The van der Waals surface area contributed by atoms with Crippen molar-refractivity contribution in [3.63, 3.8) is 0 Å². The molecule has 4 nitrogen and oxygen atoms in total. The van der Waals surface area contributed by atoms with Crippen LogP contribution in [0.4, 0.5) is 5.69 Å². The van der Waals surface area contributed by atoms with E-state index in [0.29, 0.717) is 13.0 Å². The molecule has 1 atom stereocenters. The average Bonchev–Trinajstić information content (AvgIpc) is 2.82. The number of nitrogens with zero attached hydrogens (tertiary/aromatic N) is 1. The largest absolute Gasteiger partial charge is 0.494 e. The Morgan fingerprint density at radius 1 is 1.19 bits per heavy atom. The van der Waals surface area contributed by atoms with Crippen molar-refractivity contribution in [3.8, 4) is 5.75 Å². The van der Waals surface area contributed by atoms with Gasteiger partial charge in [0, 0.05) is 24.7 Å². The molecule has 1 heterocycles. The van der Waals surface area contributed by atoms with Crippen LogP contribution in [0.15, 0.2) is 24.3 Å². The Kier molecular flexibility index (Phi) is 6.05. The zero-order valence-corrected chi connectivity index (χ0v) is 12.9. The second kappa shape index (κ2) is 8.03. The van der Waals surface area contributed by atoms with Gasteiger partial charge in [-0.2, -0.15) is 0 Å². The minimum Gasteiger partial charge on any atom is -0.494 e.